The molecule has 4 rings (SSSR count). The van der Waals surface area contributed by atoms with Crippen LogP contribution in [0.25, 0.3) is 11.6 Å². The van der Waals surface area contributed by atoms with E-state index >= 15 is 0 Å². The van der Waals surface area contributed by atoms with Crippen LogP contribution < -0.4 is 0 Å². The van der Waals surface area contributed by atoms with Crippen LogP contribution in [-0.2, 0) is 10.0 Å². The number of halogens is 1. The van der Waals surface area contributed by atoms with Gasteiger partial charge in [0.05, 0.1) is 22.7 Å². The zero-order valence-corrected chi connectivity index (χ0v) is 15.2. The average Bonchev–Trinajstić information content (AvgIpc) is 3.32. The van der Waals surface area contributed by atoms with Crippen molar-refractivity contribution in [3.8, 4) is 11.6 Å². The van der Waals surface area contributed by atoms with Gasteiger partial charge in [-0.15, -0.1) is 10.2 Å². The Balaban J connectivity index is 1.51. The molecule has 27 heavy (non-hydrogen) atoms. The second-order valence-corrected chi connectivity index (χ2v) is 8.23. The molecule has 1 saturated heterocycles. The molecule has 0 amide bonds. The van der Waals surface area contributed by atoms with Crippen molar-refractivity contribution in [3.63, 3.8) is 0 Å². The minimum atomic E-state index is -3.69. The summed E-state index contributed by atoms with van der Waals surface area (Å²) in [4.78, 5) is 8.40. The third kappa shape index (κ3) is 3.45. The van der Waals surface area contributed by atoms with Crippen molar-refractivity contribution < 1.29 is 17.2 Å². The summed E-state index contributed by atoms with van der Waals surface area (Å²) >= 11 is 0. The fourth-order valence-corrected chi connectivity index (χ4v) is 4.41. The predicted molar refractivity (Wildman–Crippen MR) is 92.6 cm³/mol. The highest BCUT2D eigenvalue weighted by Crippen LogP contribution is 2.31. The topological polar surface area (TPSA) is 102 Å². The smallest absolute Gasteiger partial charge is 0.267 e. The monoisotopic (exact) mass is 389 g/mol. The van der Waals surface area contributed by atoms with Crippen LogP contribution in [-0.4, -0.2) is 46.0 Å². The van der Waals surface area contributed by atoms with Crippen molar-refractivity contribution in [1.29, 1.82) is 0 Å². The molecule has 0 spiro atoms. The third-order valence-electron chi connectivity index (χ3n) is 4.39. The molecule has 140 valence electrons. The van der Waals surface area contributed by atoms with E-state index in [2.05, 4.69) is 20.2 Å². The molecule has 0 radical (unpaired) electrons. The molecule has 3 aromatic rings. The number of nitrogens with zero attached hydrogens (tertiary/aromatic N) is 5. The fourth-order valence-electron chi connectivity index (χ4n) is 2.91. The number of benzene rings is 1. The van der Waals surface area contributed by atoms with Crippen molar-refractivity contribution in [1.82, 2.24) is 24.5 Å². The number of aryl methyl sites for hydroxylation is 1. The largest absolute Gasteiger partial charge is 0.419 e. The molecule has 2 aromatic heterocycles. The van der Waals surface area contributed by atoms with Crippen molar-refractivity contribution >= 4 is 10.0 Å². The van der Waals surface area contributed by atoms with Crippen LogP contribution in [0.1, 0.15) is 23.9 Å². The van der Waals surface area contributed by atoms with Gasteiger partial charge in [0.25, 0.3) is 5.89 Å². The first kappa shape index (κ1) is 17.7. The maximum atomic E-state index is 13.1. The Hall–Kier alpha value is -2.72. The molecular weight excluding hydrogens is 373 g/mol. The molecule has 1 aromatic carbocycles. The van der Waals surface area contributed by atoms with Crippen LogP contribution in [0, 0.1) is 12.7 Å². The second kappa shape index (κ2) is 6.78. The normalized spacial score (nSPS) is 18.1. The van der Waals surface area contributed by atoms with Crippen LogP contribution >= 0.6 is 0 Å². The Morgan fingerprint density at radius 3 is 2.63 bits per heavy atom. The van der Waals surface area contributed by atoms with Gasteiger partial charge < -0.3 is 4.42 Å². The Labute approximate surface area is 155 Å². The standard InChI is InChI=1S/C17H16FN5O3S/c1-11-8-20-15(9-19-11)17-22-21-16(26-17)12-6-7-23(10-12)27(24,25)14-4-2-13(18)3-5-14/h2-5,8-9,12H,6-7,10H2,1H3/t12-/m0/s1. The maximum absolute atomic E-state index is 13.1. The lowest BCUT2D eigenvalue weighted by atomic mass is 10.1. The van der Waals surface area contributed by atoms with Crippen molar-refractivity contribution in [2.24, 2.45) is 0 Å². The molecule has 8 nitrogen and oxygen atoms in total. The highest BCUT2D eigenvalue weighted by Gasteiger charge is 2.35. The Morgan fingerprint density at radius 2 is 1.93 bits per heavy atom. The first-order valence-corrected chi connectivity index (χ1v) is 9.75. The molecule has 10 heteroatoms. The van der Waals surface area contributed by atoms with Crippen molar-refractivity contribution in [2.75, 3.05) is 13.1 Å². The lowest BCUT2D eigenvalue weighted by Crippen LogP contribution is -2.28. The van der Waals surface area contributed by atoms with Crippen LogP contribution in [0.5, 0.6) is 0 Å². The zero-order chi connectivity index (χ0) is 19.0. The minimum Gasteiger partial charge on any atom is -0.419 e. The number of aromatic nitrogens is 4. The van der Waals surface area contributed by atoms with Crippen LogP contribution in [0.4, 0.5) is 4.39 Å². The molecule has 1 aliphatic rings. The van der Waals surface area contributed by atoms with Crippen molar-refractivity contribution in [3.05, 3.63) is 54.1 Å². The summed E-state index contributed by atoms with van der Waals surface area (Å²) < 4.78 is 45.5. The maximum Gasteiger partial charge on any atom is 0.267 e. The summed E-state index contributed by atoms with van der Waals surface area (Å²) in [6.45, 7) is 2.37. The SMILES string of the molecule is Cc1cnc(-c2nnc([C@H]3CCN(S(=O)(=O)c4ccc(F)cc4)C3)o2)cn1. The number of hydrogen-bond donors (Lipinski definition) is 0. The van der Waals surface area contributed by atoms with E-state index in [1.54, 1.807) is 12.4 Å². The number of rotatable bonds is 4. The first-order chi connectivity index (χ1) is 12.9. The lowest BCUT2D eigenvalue weighted by Gasteiger charge is -2.15. The molecule has 0 unspecified atom stereocenters. The fraction of sp³-hybridized carbons (Fsp3) is 0.294. The van der Waals surface area contributed by atoms with E-state index in [1.165, 1.54) is 16.4 Å². The molecule has 1 aliphatic heterocycles. The molecular formula is C17H16FN5O3S. The third-order valence-corrected chi connectivity index (χ3v) is 6.27. The van der Waals surface area contributed by atoms with Crippen LogP contribution in [0.3, 0.4) is 0 Å². The first-order valence-electron chi connectivity index (χ1n) is 8.31. The van der Waals surface area contributed by atoms with Gasteiger partial charge >= 0.3 is 0 Å². The lowest BCUT2D eigenvalue weighted by molar-refractivity contribution is 0.439. The molecule has 0 N–H and O–H groups in total. The predicted octanol–water partition coefficient (Wildman–Crippen LogP) is 2.15. The van der Waals surface area contributed by atoms with Gasteiger partial charge in [-0.3, -0.25) is 4.98 Å². The van der Waals surface area contributed by atoms with Gasteiger partial charge in [-0.2, -0.15) is 4.31 Å². The van der Waals surface area contributed by atoms with E-state index in [1.807, 2.05) is 6.92 Å². The molecule has 0 bridgehead atoms. The molecule has 3 heterocycles. The summed E-state index contributed by atoms with van der Waals surface area (Å²) in [7, 11) is -3.69. The Bertz CT molecular complexity index is 1050. The van der Waals surface area contributed by atoms with Crippen molar-refractivity contribution in [2.45, 2.75) is 24.2 Å². The number of sulfonamides is 1. The highest BCUT2D eigenvalue weighted by molar-refractivity contribution is 7.89. The van der Waals surface area contributed by atoms with Gasteiger partial charge in [0, 0.05) is 19.3 Å². The highest BCUT2D eigenvalue weighted by atomic mass is 32.2. The van der Waals surface area contributed by atoms with Gasteiger partial charge in [0.1, 0.15) is 11.5 Å². The van der Waals surface area contributed by atoms with E-state index in [9.17, 15) is 12.8 Å². The van der Waals surface area contributed by atoms with Gasteiger partial charge in [-0.05, 0) is 37.6 Å². The van der Waals surface area contributed by atoms with Crippen LogP contribution in [0.2, 0.25) is 0 Å². The van der Waals surface area contributed by atoms with Gasteiger partial charge in [0.2, 0.25) is 15.9 Å². The van der Waals surface area contributed by atoms with E-state index in [0.29, 0.717) is 24.6 Å². The van der Waals surface area contributed by atoms with E-state index in [0.717, 1.165) is 17.8 Å². The summed E-state index contributed by atoms with van der Waals surface area (Å²) in [5, 5.41) is 8.03. The van der Waals surface area contributed by atoms with Gasteiger partial charge in [0.15, 0.2) is 0 Å². The Morgan fingerprint density at radius 1 is 1.15 bits per heavy atom. The molecule has 0 saturated carbocycles. The molecule has 1 fully saturated rings. The van der Waals surface area contributed by atoms with E-state index < -0.39 is 15.8 Å². The van der Waals surface area contributed by atoms with E-state index in [4.69, 9.17) is 4.42 Å². The number of hydrogen-bond acceptors (Lipinski definition) is 7. The van der Waals surface area contributed by atoms with Gasteiger partial charge in [-0.25, -0.2) is 17.8 Å². The van der Waals surface area contributed by atoms with Gasteiger partial charge in [-0.1, -0.05) is 0 Å². The molecule has 0 aliphatic carbocycles. The average molecular weight is 389 g/mol. The second-order valence-electron chi connectivity index (χ2n) is 6.29. The summed E-state index contributed by atoms with van der Waals surface area (Å²) in [6, 6.07) is 4.79. The van der Waals surface area contributed by atoms with Crippen LogP contribution in [0.15, 0.2) is 46.0 Å². The zero-order valence-electron chi connectivity index (χ0n) is 14.4. The quantitative estimate of drug-likeness (QED) is 0.674. The molecule has 1 atom stereocenters. The Kier molecular flexibility index (Phi) is 4.44. The minimum absolute atomic E-state index is 0.0608. The van der Waals surface area contributed by atoms with E-state index in [-0.39, 0.29) is 23.2 Å². The summed E-state index contributed by atoms with van der Waals surface area (Å²) in [5.41, 5.74) is 1.24. The summed E-state index contributed by atoms with van der Waals surface area (Å²) in [6.07, 6.45) is 3.71. The summed E-state index contributed by atoms with van der Waals surface area (Å²) in [5.74, 6) is -0.0766.